The van der Waals surface area contributed by atoms with Gasteiger partial charge in [-0.2, -0.15) is 5.48 Å². The molecule has 1 atom stereocenters. The quantitative estimate of drug-likeness (QED) is 0.731. The summed E-state index contributed by atoms with van der Waals surface area (Å²) in [4.78, 5) is 20.0. The summed E-state index contributed by atoms with van der Waals surface area (Å²) in [6, 6.07) is 5.08. The molecule has 0 aliphatic carbocycles. The summed E-state index contributed by atoms with van der Waals surface area (Å²) in [5.41, 5.74) is 2.86. The normalized spacial score (nSPS) is 19.3. The van der Waals surface area contributed by atoms with Crippen molar-refractivity contribution in [3.63, 3.8) is 0 Å². The van der Waals surface area contributed by atoms with Crippen LogP contribution >= 0.6 is 0 Å². The van der Waals surface area contributed by atoms with Crippen LogP contribution in [0.4, 0.5) is 0 Å². The molecule has 1 fully saturated rings. The number of ether oxygens (including phenoxy) is 1. The van der Waals surface area contributed by atoms with Crippen LogP contribution < -0.4 is 5.48 Å². The van der Waals surface area contributed by atoms with Gasteiger partial charge in [-0.25, -0.2) is 9.78 Å². The number of nitrogens with zero attached hydrogens (tertiary/aromatic N) is 1. The molecule has 2 rings (SSSR count). The van der Waals surface area contributed by atoms with Gasteiger partial charge >= 0.3 is 5.97 Å². The van der Waals surface area contributed by atoms with Crippen LogP contribution in [0.1, 0.15) is 16.9 Å². The van der Waals surface area contributed by atoms with Gasteiger partial charge in [-0.1, -0.05) is 6.07 Å². The van der Waals surface area contributed by atoms with Crippen LogP contribution in [0.2, 0.25) is 0 Å². The minimum atomic E-state index is -0.477. The third-order valence-electron chi connectivity index (χ3n) is 2.14. The first kappa shape index (κ1) is 10.1. The summed E-state index contributed by atoms with van der Waals surface area (Å²) < 4.78 is 5.15. The van der Waals surface area contributed by atoms with Crippen molar-refractivity contribution in [3.8, 4) is 0 Å². The van der Waals surface area contributed by atoms with E-state index in [0.29, 0.717) is 12.2 Å². The van der Waals surface area contributed by atoms with Crippen LogP contribution in [-0.2, 0) is 9.57 Å². The van der Waals surface area contributed by atoms with Crippen molar-refractivity contribution in [2.45, 2.75) is 12.5 Å². The number of aromatic nitrogens is 1. The van der Waals surface area contributed by atoms with Gasteiger partial charge < -0.3 is 9.57 Å². The molecule has 0 saturated carbocycles. The molecule has 0 spiro atoms. The molecule has 1 aromatic heterocycles. The van der Waals surface area contributed by atoms with Gasteiger partial charge in [0.1, 0.15) is 5.69 Å². The van der Waals surface area contributed by atoms with E-state index < -0.39 is 5.97 Å². The molecule has 0 radical (unpaired) electrons. The first-order valence-corrected chi connectivity index (χ1v) is 4.83. The Bertz CT molecular complexity index is 325. The van der Waals surface area contributed by atoms with Crippen molar-refractivity contribution in [2.75, 3.05) is 13.2 Å². The highest BCUT2D eigenvalue weighted by Crippen LogP contribution is 2.08. The summed E-state index contributed by atoms with van der Waals surface area (Å²) in [6.45, 7) is 1.32. The Hall–Kier alpha value is -1.46. The zero-order valence-electron chi connectivity index (χ0n) is 8.18. The van der Waals surface area contributed by atoms with Crippen LogP contribution in [0.5, 0.6) is 0 Å². The van der Waals surface area contributed by atoms with Crippen molar-refractivity contribution < 1.29 is 14.4 Å². The SMILES string of the molecule is O=C(ONC[C@@H]1CCO1)c1ccccn1. The predicted molar refractivity (Wildman–Crippen MR) is 52.0 cm³/mol. The van der Waals surface area contributed by atoms with Gasteiger partial charge in [0, 0.05) is 12.8 Å². The highest BCUT2D eigenvalue weighted by atomic mass is 16.7. The van der Waals surface area contributed by atoms with Gasteiger partial charge in [0.15, 0.2) is 0 Å². The van der Waals surface area contributed by atoms with Crippen molar-refractivity contribution in [1.82, 2.24) is 10.5 Å². The fourth-order valence-electron chi connectivity index (χ4n) is 1.18. The lowest BCUT2D eigenvalue weighted by Gasteiger charge is -2.25. The van der Waals surface area contributed by atoms with Crippen LogP contribution in [0.25, 0.3) is 0 Å². The molecule has 0 aromatic carbocycles. The average Bonchev–Trinajstić information content (AvgIpc) is 2.23. The van der Waals surface area contributed by atoms with E-state index in [1.165, 1.54) is 0 Å². The monoisotopic (exact) mass is 208 g/mol. The Kier molecular flexibility index (Phi) is 3.26. The number of hydrogen-bond acceptors (Lipinski definition) is 5. The summed E-state index contributed by atoms with van der Waals surface area (Å²) >= 11 is 0. The Morgan fingerprint density at radius 3 is 3.13 bits per heavy atom. The lowest BCUT2D eigenvalue weighted by Crippen LogP contribution is -2.38. The maximum absolute atomic E-state index is 11.3. The van der Waals surface area contributed by atoms with Crippen molar-refractivity contribution in [2.24, 2.45) is 0 Å². The van der Waals surface area contributed by atoms with E-state index in [1.54, 1.807) is 24.4 Å². The molecule has 1 N–H and O–H groups in total. The molecular formula is C10H12N2O3. The Morgan fingerprint density at radius 2 is 2.53 bits per heavy atom. The fourth-order valence-corrected chi connectivity index (χ4v) is 1.18. The first-order valence-electron chi connectivity index (χ1n) is 4.83. The fraction of sp³-hybridized carbons (Fsp3) is 0.400. The van der Waals surface area contributed by atoms with Crippen LogP contribution in [0.3, 0.4) is 0 Å². The standard InChI is InChI=1S/C10H12N2O3/c13-10(9-3-1-2-5-11-9)15-12-7-8-4-6-14-8/h1-3,5,8,12H,4,6-7H2/t8-/m0/s1. The van der Waals surface area contributed by atoms with Gasteiger partial charge in [-0.3, -0.25) is 0 Å². The topological polar surface area (TPSA) is 60.5 Å². The average molecular weight is 208 g/mol. The molecule has 2 heterocycles. The van der Waals surface area contributed by atoms with E-state index in [-0.39, 0.29) is 6.10 Å². The summed E-state index contributed by atoms with van der Waals surface area (Å²) in [5, 5.41) is 0. The second-order valence-corrected chi connectivity index (χ2v) is 3.23. The molecule has 0 unspecified atom stereocenters. The summed E-state index contributed by atoms with van der Waals surface area (Å²) in [6.07, 6.45) is 2.72. The Labute approximate surface area is 87.4 Å². The zero-order valence-corrected chi connectivity index (χ0v) is 8.18. The second-order valence-electron chi connectivity index (χ2n) is 3.23. The number of pyridine rings is 1. The highest BCUT2D eigenvalue weighted by molar-refractivity contribution is 5.86. The van der Waals surface area contributed by atoms with E-state index in [1.807, 2.05) is 0 Å². The molecule has 1 aliphatic rings. The van der Waals surface area contributed by atoms with Gasteiger partial charge in [0.25, 0.3) is 0 Å². The third kappa shape index (κ3) is 2.74. The maximum atomic E-state index is 11.3. The van der Waals surface area contributed by atoms with E-state index >= 15 is 0 Å². The third-order valence-corrected chi connectivity index (χ3v) is 2.14. The van der Waals surface area contributed by atoms with Crippen LogP contribution in [0.15, 0.2) is 24.4 Å². The second kappa shape index (κ2) is 4.86. The van der Waals surface area contributed by atoms with E-state index in [9.17, 15) is 4.79 Å². The first-order chi connectivity index (χ1) is 7.36. The van der Waals surface area contributed by atoms with E-state index in [4.69, 9.17) is 9.57 Å². The van der Waals surface area contributed by atoms with Gasteiger partial charge in [-0.15, -0.1) is 0 Å². The lowest BCUT2D eigenvalue weighted by molar-refractivity contribution is -0.0681. The highest BCUT2D eigenvalue weighted by Gasteiger charge is 2.18. The van der Waals surface area contributed by atoms with Gasteiger partial charge in [0.05, 0.1) is 12.6 Å². The smallest absolute Gasteiger partial charge is 0.375 e. The lowest BCUT2D eigenvalue weighted by atomic mass is 10.2. The molecule has 5 heteroatoms. The number of hydroxylamine groups is 1. The summed E-state index contributed by atoms with van der Waals surface area (Å²) in [5.74, 6) is -0.477. The zero-order chi connectivity index (χ0) is 10.5. The molecule has 0 bridgehead atoms. The number of rotatable bonds is 4. The Morgan fingerprint density at radius 1 is 1.67 bits per heavy atom. The largest absolute Gasteiger partial charge is 0.377 e. The molecular weight excluding hydrogens is 196 g/mol. The number of hydrogen-bond donors (Lipinski definition) is 1. The molecule has 15 heavy (non-hydrogen) atoms. The number of carbonyl (C=O) groups excluding carboxylic acids is 1. The number of nitrogens with one attached hydrogen (secondary N) is 1. The molecule has 1 aliphatic heterocycles. The van der Waals surface area contributed by atoms with E-state index in [2.05, 4.69) is 10.5 Å². The van der Waals surface area contributed by atoms with Crippen molar-refractivity contribution in [1.29, 1.82) is 0 Å². The molecule has 80 valence electrons. The predicted octanol–water partition coefficient (Wildman–Crippen LogP) is 0.532. The molecule has 1 saturated heterocycles. The maximum Gasteiger partial charge on any atom is 0.375 e. The molecule has 1 aromatic rings. The van der Waals surface area contributed by atoms with Crippen LogP contribution in [-0.4, -0.2) is 30.2 Å². The van der Waals surface area contributed by atoms with E-state index in [0.717, 1.165) is 13.0 Å². The minimum absolute atomic E-state index is 0.168. The van der Waals surface area contributed by atoms with Crippen LogP contribution in [0, 0.1) is 0 Å². The van der Waals surface area contributed by atoms with Crippen molar-refractivity contribution in [3.05, 3.63) is 30.1 Å². The molecule has 5 nitrogen and oxygen atoms in total. The Balaban J connectivity index is 1.72. The summed E-state index contributed by atoms with van der Waals surface area (Å²) in [7, 11) is 0. The molecule has 0 amide bonds. The van der Waals surface area contributed by atoms with Crippen molar-refractivity contribution >= 4 is 5.97 Å². The van der Waals surface area contributed by atoms with Gasteiger partial charge in [-0.05, 0) is 18.6 Å². The number of carbonyl (C=O) groups is 1. The minimum Gasteiger partial charge on any atom is -0.377 e. The van der Waals surface area contributed by atoms with Gasteiger partial charge in [0.2, 0.25) is 0 Å².